The molecule has 0 aliphatic carbocycles. The van der Waals surface area contributed by atoms with E-state index < -0.39 is 0 Å². The van der Waals surface area contributed by atoms with Crippen LogP contribution in [0, 0.1) is 13.8 Å². The van der Waals surface area contributed by atoms with Gasteiger partial charge in [0.15, 0.2) is 5.82 Å². The molecule has 2 aromatic rings. The number of hydrogen-bond donors (Lipinski definition) is 1. The first-order chi connectivity index (χ1) is 10.6. The minimum absolute atomic E-state index is 0.124. The van der Waals surface area contributed by atoms with Crippen LogP contribution in [-0.2, 0) is 9.53 Å². The molecule has 3 heterocycles. The number of hydrogen-bond acceptors (Lipinski definition) is 4. The van der Waals surface area contributed by atoms with Gasteiger partial charge in [-0.1, -0.05) is 11.6 Å². The number of carbonyl (C=O) groups is 1. The molecule has 0 aromatic carbocycles. The number of rotatable bonds is 3. The molecule has 0 spiro atoms. The van der Waals surface area contributed by atoms with Crippen molar-refractivity contribution < 1.29 is 9.53 Å². The van der Waals surface area contributed by atoms with Crippen molar-refractivity contribution in [3.8, 4) is 5.82 Å². The number of anilines is 1. The Morgan fingerprint density at radius 1 is 1.45 bits per heavy atom. The highest BCUT2D eigenvalue weighted by molar-refractivity contribution is 6.31. The highest BCUT2D eigenvalue weighted by atomic mass is 35.5. The zero-order chi connectivity index (χ0) is 15.7. The van der Waals surface area contributed by atoms with Gasteiger partial charge in [0.05, 0.1) is 28.3 Å². The van der Waals surface area contributed by atoms with Crippen LogP contribution in [0.4, 0.5) is 5.69 Å². The molecule has 3 rings (SSSR count). The van der Waals surface area contributed by atoms with E-state index in [0.717, 1.165) is 24.2 Å². The van der Waals surface area contributed by atoms with Crippen molar-refractivity contribution >= 4 is 23.2 Å². The van der Waals surface area contributed by atoms with Gasteiger partial charge in [0.1, 0.15) is 6.10 Å². The van der Waals surface area contributed by atoms with E-state index in [2.05, 4.69) is 15.4 Å². The molecule has 1 unspecified atom stereocenters. The van der Waals surface area contributed by atoms with Gasteiger partial charge in [-0.05, 0) is 38.8 Å². The molecule has 6 nitrogen and oxygen atoms in total. The summed E-state index contributed by atoms with van der Waals surface area (Å²) < 4.78 is 7.03. The normalized spacial score (nSPS) is 17.7. The number of carbonyl (C=O) groups excluding carboxylic acids is 1. The summed E-state index contributed by atoms with van der Waals surface area (Å²) in [6, 6.07) is 3.58. The van der Waals surface area contributed by atoms with Gasteiger partial charge in [-0.25, -0.2) is 9.67 Å². The Balaban J connectivity index is 1.75. The van der Waals surface area contributed by atoms with E-state index in [1.807, 2.05) is 13.8 Å². The van der Waals surface area contributed by atoms with Gasteiger partial charge in [-0.3, -0.25) is 4.79 Å². The van der Waals surface area contributed by atoms with Crippen molar-refractivity contribution in [1.29, 1.82) is 0 Å². The highest BCUT2D eigenvalue weighted by Gasteiger charge is 2.23. The number of pyridine rings is 1. The van der Waals surface area contributed by atoms with Crippen LogP contribution < -0.4 is 5.32 Å². The average Bonchev–Trinajstić information content (AvgIpc) is 3.13. The maximum Gasteiger partial charge on any atom is 0.253 e. The van der Waals surface area contributed by atoms with Crippen LogP contribution in [-0.4, -0.2) is 33.4 Å². The summed E-state index contributed by atoms with van der Waals surface area (Å²) in [6.45, 7) is 4.38. The molecule has 1 aliphatic heterocycles. The second-order valence-electron chi connectivity index (χ2n) is 5.29. The molecule has 22 heavy (non-hydrogen) atoms. The van der Waals surface area contributed by atoms with E-state index in [0.29, 0.717) is 23.1 Å². The second kappa shape index (κ2) is 6.06. The molecule has 1 amide bonds. The van der Waals surface area contributed by atoms with Crippen LogP contribution in [0.3, 0.4) is 0 Å². The van der Waals surface area contributed by atoms with Crippen molar-refractivity contribution in [1.82, 2.24) is 14.8 Å². The van der Waals surface area contributed by atoms with Gasteiger partial charge >= 0.3 is 0 Å². The summed E-state index contributed by atoms with van der Waals surface area (Å²) >= 11 is 6.14. The minimum Gasteiger partial charge on any atom is -0.368 e. The topological polar surface area (TPSA) is 69.0 Å². The van der Waals surface area contributed by atoms with Crippen LogP contribution in [0.5, 0.6) is 0 Å². The van der Waals surface area contributed by atoms with E-state index >= 15 is 0 Å². The Morgan fingerprint density at radius 2 is 2.27 bits per heavy atom. The molecule has 1 N–H and O–H groups in total. The second-order valence-corrected chi connectivity index (χ2v) is 5.67. The summed E-state index contributed by atoms with van der Waals surface area (Å²) in [5, 5.41) is 7.80. The van der Waals surface area contributed by atoms with Crippen molar-refractivity contribution in [3.63, 3.8) is 0 Å². The molecule has 0 radical (unpaired) electrons. The van der Waals surface area contributed by atoms with Crippen molar-refractivity contribution in [2.45, 2.75) is 32.8 Å². The largest absolute Gasteiger partial charge is 0.368 e. The third-order valence-corrected chi connectivity index (χ3v) is 4.20. The third-order valence-electron chi connectivity index (χ3n) is 3.66. The van der Waals surface area contributed by atoms with Crippen molar-refractivity contribution in [3.05, 3.63) is 34.7 Å². The summed E-state index contributed by atoms with van der Waals surface area (Å²) in [5.41, 5.74) is 2.23. The lowest BCUT2D eigenvalue weighted by molar-refractivity contribution is -0.124. The van der Waals surface area contributed by atoms with Crippen LogP contribution in [0.1, 0.15) is 24.2 Å². The Labute approximate surface area is 133 Å². The van der Waals surface area contributed by atoms with Gasteiger partial charge in [-0.15, -0.1) is 0 Å². The maximum atomic E-state index is 12.0. The minimum atomic E-state index is -0.352. The lowest BCUT2D eigenvalue weighted by atomic mass is 10.2. The quantitative estimate of drug-likeness (QED) is 0.944. The maximum absolute atomic E-state index is 12.0. The summed E-state index contributed by atoms with van der Waals surface area (Å²) in [4.78, 5) is 16.3. The Morgan fingerprint density at radius 3 is 2.82 bits per heavy atom. The van der Waals surface area contributed by atoms with E-state index in [1.165, 1.54) is 0 Å². The Kier molecular flexibility index (Phi) is 4.13. The lowest BCUT2D eigenvalue weighted by Gasteiger charge is -2.10. The fourth-order valence-electron chi connectivity index (χ4n) is 2.44. The van der Waals surface area contributed by atoms with Crippen molar-refractivity contribution in [2.24, 2.45) is 0 Å². The van der Waals surface area contributed by atoms with Crippen LogP contribution in [0.25, 0.3) is 5.82 Å². The molecule has 0 saturated carbocycles. The SMILES string of the molecule is Cc1nn(-c2ccc(NC(=O)C3CCCO3)cn2)c(C)c1Cl. The van der Waals surface area contributed by atoms with E-state index in [1.54, 1.807) is 23.0 Å². The molecule has 116 valence electrons. The molecule has 2 aromatic heterocycles. The summed E-state index contributed by atoms with van der Waals surface area (Å²) in [7, 11) is 0. The molecular formula is C15H17ClN4O2. The molecule has 1 fully saturated rings. The molecule has 7 heteroatoms. The number of halogens is 1. The molecule has 1 aliphatic rings. The van der Waals surface area contributed by atoms with Gasteiger partial charge in [-0.2, -0.15) is 5.10 Å². The molecular weight excluding hydrogens is 304 g/mol. The van der Waals surface area contributed by atoms with Crippen LogP contribution in [0.2, 0.25) is 5.02 Å². The number of nitrogens with one attached hydrogen (secondary N) is 1. The Hall–Kier alpha value is -1.92. The van der Waals surface area contributed by atoms with Crippen molar-refractivity contribution in [2.75, 3.05) is 11.9 Å². The molecule has 0 bridgehead atoms. The lowest BCUT2D eigenvalue weighted by Crippen LogP contribution is -2.26. The number of ether oxygens (including phenoxy) is 1. The molecule has 1 saturated heterocycles. The first kappa shape index (κ1) is 15.0. The number of nitrogens with zero attached hydrogens (tertiary/aromatic N) is 3. The van der Waals surface area contributed by atoms with E-state index in [4.69, 9.17) is 16.3 Å². The Bertz CT molecular complexity index is 690. The first-order valence-electron chi connectivity index (χ1n) is 7.17. The van der Waals surface area contributed by atoms with Gasteiger partial charge < -0.3 is 10.1 Å². The predicted molar refractivity (Wildman–Crippen MR) is 83.4 cm³/mol. The smallest absolute Gasteiger partial charge is 0.253 e. The molecule has 1 atom stereocenters. The third kappa shape index (κ3) is 2.84. The van der Waals surface area contributed by atoms with Crippen LogP contribution >= 0.6 is 11.6 Å². The van der Waals surface area contributed by atoms with Crippen LogP contribution in [0.15, 0.2) is 18.3 Å². The zero-order valence-electron chi connectivity index (χ0n) is 12.5. The first-order valence-corrected chi connectivity index (χ1v) is 7.54. The zero-order valence-corrected chi connectivity index (χ0v) is 13.2. The predicted octanol–water partition coefficient (Wildman–Crippen LogP) is 2.66. The van der Waals surface area contributed by atoms with Gasteiger partial charge in [0, 0.05) is 6.61 Å². The number of aromatic nitrogens is 3. The van der Waals surface area contributed by atoms with E-state index in [9.17, 15) is 4.79 Å². The number of amides is 1. The fraction of sp³-hybridized carbons (Fsp3) is 0.400. The highest BCUT2D eigenvalue weighted by Crippen LogP contribution is 2.22. The van der Waals surface area contributed by atoms with Gasteiger partial charge in [0.2, 0.25) is 0 Å². The van der Waals surface area contributed by atoms with Gasteiger partial charge in [0.25, 0.3) is 5.91 Å². The number of aryl methyl sites for hydroxylation is 1. The standard InChI is InChI=1S/C15H17ClN4O2/c1-9-14(16)10(2)20(19-9)13-6-5-11(8-17-13)18-15(21)12-4-3-7-22-12/h5-6,8,12H,3-4,7H2,1-2H3,(H,18,21). The monoisotopic (exact) mass is 320 g/mol. The summed E-state index contributed by atoms with van der Waals surface area (Å²) in [5.74, 6) is 0.531. The average molecular weight is 321 g/mol. The fourth-order valence-corrected chi connectivity index (χ4v) is 2.56. The summed E-state index contributed by atoms with van der Waals surface area (Å²) in [6.07, 6.45) is 2.94. The van der Waals surface area contributed by atoms with E-state index in [-0.39, 0.29) is 12.0 Å².